The SMILES string of the molecule is Cc1c(-c2cc(C#N)c(S)nc2C(F)(F)F)cnn1C. The van der Waals surface area contributed by atoms with Gasteiger partial charge in [0.2, 0.25) is 0 Å². The van der Waals surface area contributed by atoms with Gasteiger partial charge in [-0.2, -0.15) is 23.5 Å². The van der Waals surface area contributed by atoms with Crippen LogP contribution in [-0.2, 0) is 13.2 Å². The van der Waals surface area contributed by atoms with Crippen LogP contribution < -0.4 is 0 Å². The molecule has 20 heavy (non-hydrogen) atoms. The second-order valence-electron chi connectivity index (χ2n) is 4.13. The minimum Gasteiger partial charge on any atom is -0.272 e. The molecule has 2 rings (SSSR count). The van der Waals surface area contributed by atoms with Crippen LogP contribution >= 0.6 is 12.6 Å². The lowest BCUT2D eigenvalue weighted by atomic mass is 10.0. The Labute approximate surface area is 118 Å². The average molecular weight is 298 g/mol. The number of thiol groups is 1. The molecule has 0 spiro atoms. The highest BCUT2D eigenvalue weighted by Gasteiger charge is 2.37. The second-order valence-corrected chi connectivity index (χ2v) is 4.56. The first kappa shape index (κ1) is 14.4. The van der Waals surface area contributed by atoms with Crippen molar-refractivity contribution in [2.45, 2.75) is 18.1 Å². The van der Waals surface area contributed by atoms with Crippen LogP contribution in [-0.4, -0.2) is 14.8 Å². The molecular weight excluding hydrogens is 289 g/mol. The standard InChI is InChI=1S/C12H9F3N4S/c1-6-9(5-17-19(6)2)8-3-7(4-16)11(20)18-10(8)12(13,14)15/h3,5H,1-2H3,(H,18,20). The third kappa shape index (κ3) is 2.36. The zero-order valence-corrected chi connectivity index (χ0v) is 11.4. The maximum atomic E-state index is 13.1. The summed E-state index contributed by atoms with van der Waals surface area (Å²) in [4.78, 5) is 3.42. The Morgan fingerprint density at radius 3 is 2.45 bits per heavy atom. The third-order valence-corrected chi connectivity index (χ3v) is 3.26. The number of hydrogen-bond acceptors (Lipinski definition) is 4. The van der Waals surface area contributed by atoms with Crippen molar-refractivity contribution < 1.29 is 13.2 Å². The number of nitrogens with zero attached hydrogens (tertiary/aromatic N) is 4. The van der Waals surface area contributed by atoms with Gasteiger partial charge in [0.15, 0.2) is 5.69 Å². The molecule has 104 valence electrons. The topological polar surface area (TPSA) is 54.5 Å². The second kappa shape index (κ2) is 4.83. The Hall–Kier alpha value is -2.01. The molecule has 2 heterocycles. The summed E-state index contributed by atoms with van der Waals surface area (Å²) in [6, 6.07) is 2.92. The molecule has 8 heteroatoms. The van der Waals surface area contributed by atoms with Crippen molar-refractivity contribution in [1.29, 1.82) is 5.26 Å². The van der Waals surface area contributed by atoms with E-state index in [1.807, 2.05) is 0 Å². The van der Waals surface area contributed by atoms with Crippen LogP contribution in [0.2, 0.25) is 0 Å². The van der Waals surface area contributed by atoms with Gasteiger partial charge in [-0.1, -0.05) is 0 Å². The molecule has 0 unspecified atom stereocenters. The van der Waals surface area contributed by atoms with Gasteiger partial charge in [-0.3, -0.25) is 4.68 Å². The van der Waals surface area contributed by atoms with E-state index in [1.54, 1.807) is 20.0 Å². The van der Waals surface area contributed by atoms with E-state index in [2.05, 4.69) is 22.7 Å². The van der Waals surface area contributed by atoms with Gasteiger partial charge in [0.05, 0.1) is 11.8 Å². The zero-order chi connectivity index (χ0) is 15.1. The summed E-state index contributed by atoms with van der Waals surface area (Å²) in [5.74, 6) is 0. The number of hydrogen-bond donors (Lipinski definition) is 1. The predicted molar refractivity (Wildman–Crippen MR) is 68.1 cm³/mol. The first-order valence-corrected chi connectivity index (χ1v) is 5.90. The monoisotopic (exact) mass is 298 g/mol. The molecule has 0 aliphatic heterocycles. The molecule has 0 fully saturated rings. The molecule has 0 bridgehead atoms. The molecule has 0 atom stereocenters. The van der Waals surface area contributed by atoms with E-state index in [4.69, 9.17) is 5.26 Å². The Morgan fingerprint density at radius 2 is 2.00 bits per heavy atom. The summed E-state index contributed by atoms with van der Waals surface area (Å²) in [6.45, 7) is 1.64. The predicted octanol–water partition coefficient (Wildman–Crippen LogP) is 2.97. The Kier molecular flexibility index (Phi) is 3.48. The first-order chi connectivity index (χ1) is 9.25. The smallest absolute Gasteiger partial charge is 0.272 e. The number of aryl methyl sites for hydroxylation is 1. The van der Waals surface area contributed by atoms with Crippen molar-refractivity contribution in [1.82, 2.24) is 14.8 Å². The van der Waals surface area contributed by atoms with E-state index >= 15 is 0 Å². The molecule has 0 saturated heterocycles. The molecule has 0 aliphatic rings. The van der Waals surface area contributed by atoms with Crippen LogP contribution in [0.5, 0.6) is 0 Å². The number of alkyl halides is 3. The molecule has 2 aromatic rings. The lowest BCUT2D eigenvalue weighted by Crippen LogP contribution is -2.11. The summed E-state index contributed by atoms with van der Waals surface area (Å²) in [5, 5.41) is 12.6. The minimum absolute atomic E-state index is 0.0143. The number of rotatable bonds is 1. The average Bonchev–Trinajstić information content (AvgIpc) is 2.69. The zero-order valence-electron chi connectivity index (χ0n) is 10.5. The quantitative estimate of drug-likeness (QED) is 0.824. The molecule has 0 aromatic carbocycles. The largest absolute Gasteiger partial charge is 0.434 e. The van der Waals surface area contributed by atoms with E-state index in [-0.39, 0.29) is 21.7 Å². The highest BCUT2D eigenvalue weighted by molar-refractivity contribution is 7.80. The minimum atomic E-state index is -4.64. The Bertz CT molecular complexity index is 713. The summed E-state index contributed by atoms with van der Waals surface area (Å²) in [6.07, 6.45) is -3.32. The van der Waals surface area contributed by atoms with Crippen molar-refractivity contribution in [2.75, 3.05) is 0 Å². The lowest BCUT2D eigenvalue weighted by Gasteiger charge is -2.13. The van der Waals surface area contributed by atoms with Gasteiger partial charge in [0, 0.05) is 23.9 Å². The van der Waals surface area contributed by atoms with Crippen LogP contribution in [0.4, 0.5) is 13.2 Å². The number of aromatic nitrogens is 3. The molecule has 0 amide bonds. The molecule has 2 aromatic heterocycles. The molecule has 0 N–H and O–H groups in total. The maximum absolute atomic E-state index is 13.1. The van der Waals surface area contributed by atoms with Crippen LogP contribution in [0.15, 0.2) is 17.3 Å². The number of halogens is 3. The normalized spacial score (nSPS) is 11.4. The summed E-state index contributed by atoms with van der Waals surface area (Å²) in [5.41, 5.74) is -0.417. The summed E-state index contributed by atoms with van der Waals surface area (Å²) >= 11 is 3.82. The van der Waals surface area contributed by atoms with Crippen molar-refractivity contribution in [3.63, 3.8) is 0 Å². The van der Waals surface area contributed by atoms with Crippen LogP contribution in [0.25, 0.3) is 11.1 Å². The fraction of sp³-hybridized carbons (Fsp3) is 0.250. The summed E-state index contributed by atoms with van der Waals surface area (Å²) in [7, 11) is 1.62. The van der Waals surface area contributed by atoms with Gasteiger partial charge in [-0.25, -0.2) is 4.98 Å². The number of nitriles is 1. The molecular formula is C12H9F3N4S. The van der Waals surface area contributed by atoms with Crippen molar-refractivity contribution in [3.05, 3.63) is 29.2 Å². The van der Waals surface area contributed by atoms with Gasteiger partial charge >= 0.3 is 6.18 Å². The fourth-order valence-electron chi connectivity index (χ4n) is 1.77. The lowest BCUT2D eigenvalue weighted by molar-refractivity contribution is -0.141. The fourth-order valence-corrected chi connectivity index (χ4v) is 1.98. The van der Waals surface area contributed by atoms with Gasteiger partial charge in [0.25, 0.3) is 0 Å². The Balaban J connectivity index is 2.80. The van der Waals surface area contributed by atoms with Gasteiger partial charge in [-0.05, 0) is 13.0 Å². The van der Waals surface area contributed by atoms with Gasteiger partial charge < -0.3 is 0 Å². The van der Waals surface area contributed by atoms with Crippen LogP contribution in [0, 0.1) is 18.3 Å². The van der Waals surface area contributed by atoms with E-state index in [0.717, 1.165) is 6.07 Å². The highest BCUT2D eigenvalue weighted by atomic mass is 32.1. The van der Waals surface area contributed by atoms with Gasteiger partial charge in [0.1, 0.15) is 11.1 Å². The van der Waals surface area contributed by atoms with E-state index < -0.39 is 11.9 Å². The number of pyridine rings is 1. The molecule has 0 aliphatic carbocycles. The van der Waals surface area contributed by atoms with Crippen LogP contribution in [0.1, 0.15) is 17.0 Å². The summed E-state index contributed by atoms with van der Waals surface area (Å²) < 4.78 is 40.7. The maximum Gasteiger partial charge on any atom is 0.434 e. The first-order valence-electron chi connectivity index (χ1n) is 5.46. The Morgan fingerprint density at radius 1 is 1.35 bits per heavy atom. The van der Waals surface area contributed by atoms with Crippen molar-refractivity contribution in [3.8, 4) is 17.2 Å². The van der Waals surface area contributed by atoms with Crippen LogP contribution in [0.3, 0.4) is 0 Å². The van der Waals surface area contributed by atoms with E-state index in [0.29, 0.717) is 5.69 Å². The van der Waals surface area contributed by atoms with Gasteiger partial charge in [-0.15, -0.1) is 12.6 Å². The van der Waals surface area contributed by atoms with Crippen molar-refractivity contribution >= 4 is 12.6 Å². The molecule has 4 nitrogen and oxygen atoms in total. The molecule has 0 saturated carbocycles. The highest BCUT2D eigenvalue weighted by Crippen LogP contribution is 2.38. The van der Waals surface area contributed by atoms with Crippen molar-refractivity contribution in [2.24, 2.45) is 7.05 Å². The third-order valence-electron chi connectivity index (χ3n) is 2.92. The van der Waals surface area contributed by atoms with E-state index in [1.165, 1.54) is 10.9 Å². The van der Waals surface area contributed by atoms with E-state index in [9.17, 15) is 13.2 Å². The molecule has 0 radical (unpaired) electrons.